The molecule has 0 aliphatic rings. The summed E-state index contributed by atoms with van der Waals surface area (Å²) in [6.07, 6.45) is 1.62. The summed E-state index contributed by atoms with van der Waals surface area (Å²) in [5.41, 5.74) is 1.27. The highest BCUT2D eigenvalue weighted by atomic mass is 19.1. The summed E-state index contributed by atoms with van der Waals surface area (Å²) in [7, 11) is 0. The number of halogens is 1. The summed E-state index contributed by atoms with van der Waals surface area (Å²) < 4.78 is 19.7. The standard InChI is InChI=1S/C19H20FN3O2/c1-11-7-8-14(13(20)10-11)22-17-15(18(24)25-19(2,3)4)12-6-5-9-21-16(12)23-17/h5-10,22H,1-4H3,(H,21,23). The minimum absolute atomic E-state index is 0.266. The lowest BCUT2D eigenvalue weighted by molar-refractivity contribution is 0.00731. The van der Waals surface area contributed by atoms with Crippen LogP contribution in [0, 0.1) is 12.7 Å². The summed E-state index contributed by atoms with van der Waals surface area (Å²) >= 11 is 0. The molecule has 2 aromatic heterocycles. The van der Waals surface area contributed by atoms with E-state index in [9.17, 15) is 9.18 Å². The molecule has 130 valence electrons. The molecule has 0 saturated heterocycles. The summed E-state index contributed by atoms with van der Waals surface area (Å²) in [5, 5.41) is 3.57. The Bertz CT molecular complexity index is 941. The van der Waals surface area contributed by atoms with Crippen LogP contribution >= 0.6 is 0 Å². The van der Waals surface area contributed by atoms with Crippen LogP contribution in [0.25, 0.3) is 11.0 Å². The highest BCUT2D eigenvalue weighted by molar-refractivity contribution is 6.09. The Labute approximate surface area is 145 Å². The zero-order valence-corrected chi connectivity index (χ0v) is 14.6. The summed E-state index contributed by atoms with van der Waals surface area (Å²) in [6, 6.07) is 8.35. The highest BCUT2D eigenvalue weighted by Gasteiger charge is 2.25. The molecule has 2 heterocycles. The molecule has 0 aliphatic heterocycles. The van der Waals surface area contributed by atoms with Crippen molar-refractivity contribution in [3.8, 4) is 0 Å². The summed E-state index contributed by atoms with van der Waals surface area (Å²) in [6.45, 7) is 7.20. The molecule has 0 bridgehead atoms. The van der Waals surface area contributed by atoms with Crippen LogP contribution in [0.1, 0.15) is 36.7 Å². The van der Waals surface area contributed by atoms with Crippen molar-refractivity contribution in [1.82, 2.24) is 9.97 Å². The zero-order chi connectivity index (χ0) is 18.2. The van der Waals surface area contributed by atoms with Crippen LogP contribution in [-0.2, 0) is 4.74 Å². The van der Waals surface area contributed by atoms with E-state index in [0.29, 0.717) is 22.4 Å². The van der Waals surface area contributed by atoms with Crippen LogP contribution < -0.4 is 5.32 Å². The van der Waals surface area contributed by atoms with Crippen LogP contribution in [0.2, 0.25) is 0 Å². The molecular formula is C19H20FN3O2. The fourth-order valence-corrected chi connectivity index (χ4v) is 2.51. The van der Waals surface area contributed by atoms with E-state index in [1.807, 2.05) is 6.92 Å². The number of hydrogen-bond acceptors (Lipinski definition) is 4. The number of benzene rings is 1. The summed E-state index contributed by atoms with van der Waals surface area (Å²) in [4.78, 5) is 19.9. The van der Waals surface area contributed by atoms with Gasteiger partial charge in [0.1, 0.15) is 28.4 Å². The smallest absolute Gasteiger partial charge is 0.343 e. The maximum Gasteiger partial charge on any atom is 0.343 e. The molecule has 1 aromatic carbocycles. The van der Waals surface area contributed by atoms with Crippen LogP contribution in [-0.4, -0.2) is 21.5 Å². The topological polar surface area (TPSA) is 67.0 Å². The number of aromatic amines is 1. The van der Waals surface area contributed by atoms with Crippen LogP contribution in [0.15, 0.2) is 36.5 Å². The third-order valence-corrected chi connectivity index (χ3v) is 3.56. The van der Waals surface area contributed by atoms with Gasteiger partial charge in [-0.3, -0.25) is 0 Å². The van der Waals surface area contributed by atoms with Crippen molar-refractivity contribution in [3.63, 3.8) is 0 Å². The number of hydrogen-bond donors (Lipinski definition) is 2. The molecule has 6 heteroatoms. The Kier molecular flexibility index (Phi) is 4.20. The second kappa shape index (κ2) is 6.20. The van der Waals surface area contributed by atoms with E-state index >= 15 is 0 Å². The molecular weight excluding hydrogens is 321 g/mol. The number of aryl methyl sites for hydroxylation is 1. The zero-order valence-electron chi connectivity index (χ0n) is 14.6. The van der Waals surface area contributed by atoms with Gasteiger partial charge in [0, 0.05) is 11.6 Å². The van der Waals surface area contributed by atoms with Crippen molar-refractivity contribution >= 4 is 28.5 Å². The molecule has 3 aromatic rings. The third kappa shape index (κ3) is 3.63. The quantitative estimate of drug-likeness (QED) is 0.677. The molecule has 0 fully saturated rings. The maximum absolute atomic E-state index is 14.2. The van der Waals surface area contributed by atoms with Gasteiger partial charge < -0.3 is 15.0 Å². The van der Waals surface area contributed by atoms with Crippen LogP contribution in [0.3, 0.4) is 0 Å². The van der Waals surface area contributed by atoms with Crippen molar-refractivity contribution in [1.29, 1.82) is 0 Å². The van der Waals surface area contributed by atoms with Crippen LogP contribution in [0.5, 0.6) is 0 Å². The van der Waals surface area contributed by atoms with E-state index in [1.165, 1.54) is 6.07 Å². The Balaban J connectivity index is 2.08. The molecule has 0 radical (unpaired) electrons. The lowest BCUT2D eigenvalue weighted by Crippen LogP contribution is -2.24. The molecule has 0 spiro atoms. The van der Waals surface area contributed by atoms with E-state index in [2.05, 4.69) is 15.3 Å². The molecule has 25 heavy (non-hydrogen) atoms. The molecule has 0 aliphatic carbocycles. The first-order valence-corrected chi connectivity index (χ1v) is 7.98. The molecule has 5 nitrogen and oxygen atoms in total. The SMILES string of the molecule is Cc1ccc(Nc2[nH]c3ncccc3c2C(=O)OC(C)(C)C)c(F)c1. The molecule has 3 rings (SSSR count). The van der Waals surface area contributed by atoms with Gasteiger partial charge in [-0.15, -0.1) is 0 Å². The van der Waals surface area contributed by atoms with Crippen molar-refractivity contribution in [3.05, 3.63) is 53.5 Å². The van der Waals surface area contributed by atoms with Gasteiger partial charge in [0.25, 0.3) is 0 Å². The first-order chi connectivity index (χ1) is 11.7. The number of esters is 1. The lowest BCUT2D eigenvalue weighted by atomic mass is 10.1. The minimum Gasteiger partial charge on any atom is -0.456 e. The van der Waals surface area contributed by atoms with Gasteiger partial charge in [0.2, 0.25) is 0 Å². The largest absolute Gasteiger partial charge is 0.456 e. The van der Waals surface area contributed by atoms with Gasteiger partial charge in [-0.25, -0.2) is 14.2 Å². The van der Waals surface area contributed by atoms with Gasteiger partial charge in [0.05, 0.1) is 5.69 Å². The normalized spacial score (nSPS) is 11.6. The predicted molar refractivity (Wildman–Crippen MR) is 95.7 cm³/mol. The van der Waals surface area contributed by atoms with Crippen molar-refractivity contribution in [2.24, 2.45) is 0 Å². The predicted octanol–water partition coefficient (Wildman–Crippen LogP) is 4.71. The lowest BCUT2D eigenvalue weighted by Gasteiger charge is -2.20. The molecule has 2 N–H and O–H groups in total. The third-order valence-electron chi connectivity index (χ3n) is 3.56. The molecule has 0 amide bonds. The number of rotatable bonds is 3. The number of nitrogens with zero attached hydrogens (tertiary/aromatic N) is 1. The Hall–Kier alpha value is -2.89. The van der Waals surface area contributed by atoms with Crippen molar-refractivity contribution in [2.45, 2.75) is 33.3 Å². The average Bonchev–Trinajstić information content (AvgIpc) is 2.86. The van der Waals surface area contributed by atoms with Gasteiger partial charge in [-0.2, -0.15) is 0 Å². The number of carbonyl (C=O) groups excluding carboxylic acids is 1. The number of pyridine rings is 1. The number of ether oxygens (including phenoxy) is 1. The van der Waals surface area contributed by atoms with Crippen LogP contribution in [0.4, 0.5) is 15.9 Å². The van der Waals surface area contributed by atoms with E-state index in [0.717, 1.165) is 5.56 Å². The number of fused-ring (bicyclic) bond motifs is 1. The number of H-pyrrole nitrogens is 1. The van der Waals surface area contributed by atoms with Crippen molar-refractivity contribution in [2.75, 3.05) is 5.32 Å². The average molecular weight is 341 g/mol. The first kappa shape index (κ1) is 17.0. The number of carbonyl (C=O) groups is 1. The van der Waals surface area contributed by atoms with E-state index in [1.54, 1.807) is 51.2 Å². The van der Waals surface area contributed by atoms with E-state index in [-0.39, 0.29) is 5.69 Å². The van der Waals surface area contributed by atoms with E-state index in [4.69, 9.17) is 4.74 Å². The second-order valence-electron chi connectivity index (χ2n) is 6.88. The maximum atomic E-state index is 14.2. The Morgan fingerprint density at radius 3 is 2.72 bits per heavy atom. The Morgan fingerprint density at radius 1 is 1.28 bits per heavy atom. The van der Waals surface area contributed by atoms with E-state index < -0.39 is 17.4 Å². The van der Waals surface area contributed by atoms with Crippen molar-refractivity contribution < 1.29 is 13.9 Å². The number of anilines is 2. The number of nitrogens with one attached hydrogen (secondary N) is 2. The molecule has 0 unspecified atom stereocenters. The fraction of sp³-hybridized carbons (Fsp3) is 0.263. The Morgan fingerprint density at radius 2 is 2.04 bits per heavy atom. The summed E-state index contributed by atoms with van der Waals surface area (Å²) in [5.74, 6) is -0.547. The van der Waals surface area contributed by atoms with Gasteiger partial charge >= 0.3 is 5.97 Å². The molecule has 0 atom stereocenters. The van der Waals surface area contributed by atoms with Gasteiger partial charge in [-0.05, 0) is 57.5 Å². The fourth-order valence-electron chi connectivity index (χ4n) is 2.51. The van der Waals surface area contributed by atoms with Gasteiger partial charge in [0.15, 0.2) is 0 Å². The van der Waals surface area contributed by atoms with Gasteiger partial charge in [-0.1, -0.05) is 6.07 Å². The minimum atomic E-state index is -0.644. The second-order valence-corrected chi connectivity index (χ2v) is 6.88. The highest BCUT2D eigenvalue weighted by Crippen LogP contribution is 2.30. The molecule has 0 saturated carbocycles. The number of aromatic nitrogens is 2. The monoisotopic (exact) mass is 341 g/mol. The first-order valence-electron chi connectivity index (χ1n) is 7.98.